The van der Waals surface area contributed by atoms with Gasteiger partial charge in [0.2, 0.25) is 0 Å². The van der Waals surface area contributed by atoms with E-state index in [2.05, 4.69) is 17.1 Å². The van der Waals surface area contributed by atoms with Crippen LogP contribution >= 0.6 is 11.6 Å². The van der Waals surface area contributed by atoms with Crippen molar-refractivity contribution in [3.8, 4) is 0 Å². The van der Waals surface area contributed by atoms with Gasteiger partial charge in [-0.2, -0.15) is 0 Å². The van der Waals surface area contributed by atoms with Gasteiger partial charge in [-0.15, -0.1) is 0 Å². The van der Waals surface area contributed by atoms with E-state index in [-0.39, 0.29) is 11.7 Å². The minimum absolute atomic E-state index is 0.0314. The van der Waals surface area contributed by atoms with E-state index in [0.29, 0.717) is 11.4 Å². The number of aromatic amines is 1. The van der Waals surface area contributed by atoms with Crippen molar-refractivity contribution in [2.75, 3.05) is 0 Å². The highest BCUT2D eigenvalue weighted by molar-refractivity contribution is 6.31. The van der Waals surface area contributed by atoms with E-state index < -0.39 is 0 Å². The molecule has 3 heteroatoms. The summed E-state index contributed by atoms with van der Waals surface area (Å²) in [4.78, 5) is 16.2. The third kappa shape index (κ3) is 3.29. The minimum atomic E-state index is -0.0314. The maximum Gasteiger partial charge on any atom is 0.163 e. The number of carbonyl (C=O) groups excluding carboxylic acids is 1. The Kier molecular flexibility index (Phi) is 4.59. The molecular formula is C23H18ClNO. The third-order valence-electron chi connectivity index (χ3n) is 4.74. The molecule has 0 aliphatic heterocycles. The van der Waals surface area contributed by atoms with Crippen molar-refractivity contribution in [2.45, 2.75) is 12.3 Å². The molecule has 0 saturated heterocycles. The molecule has 0 amide bonds. The number of nitrogens with one attached hydrogen (secondary N) is 1. The van der Waals surface area contributed by atoms with Gasteiger partial charge in [0.1, 0.15) is 0 Å². The Morgan fingerprint density at radius 3 is 2.35 bits per heavy atom. The molecule has 4 aromatic rings. The first-order chi connectivity index (χ1) is 12.7. The van der Waals surface area contributed by atoms with Gasteiger partial charge in [-0.3, -0.25) is 4.79 Å². The number of Topliss-reactive ketones (excluding diaryl/α,β-unsaturated/α-hetero) is 1. The zero-order chi connectivity index (χ0) is 17.9. The van der Waals surface area contributed by atoms with Crippen LogP contribution < -0.4 is 0 Å². The largest absolute Gasteiger partial charge is 0.361 e. The van der Waals surface area contributed by atoms with Gasteiger partial charge in [-0.05, 0) is 29.3 Å². The second kappa shape index (κ2) is 7.19. The summed E-state index contributed by atoms with van der Waals surface area (Å²) >= 11 is 6.22. The Labute approximate surface area is 157 Å². The lowest BCUT2D eigenvalue weighted by molar-refractivity contribution is 0.0978. The Balaban J connectivity index is 1.78. The van der Waals surface area contributed by atoms with Crippen LogP contribution in [0.15, 0.2) is 85.1 Å². The summed E-state index contributed by atoms with van der Waals surface area (Å²) in [6.45, 7) is 0. The average molecular weight is 360 g/mol. The SMILES string of the molecule is O=C(C[C@H](c1ccccc1)c1c[nH]c2ccc(Cl)cc12)c1ccccc1. The molecule has 4 rings (SSSR count). The molecule has 1 aromatic heterocycles. The van der Waals surface area contributed by atoms with Gasteiger partial charge in [0.15, 0.2) is 5.78 Å². The molecule has 2 nitrogen and oxygen atoms in total. The minimum Gasteiger partial charge on any atom is -0.361 e. The summed E-state index contributed by atoms with van der Waals surface area (Å²) in [5.74, 6) is 0.104. The van der Waals surface area contributed by atoms with Gasteiger partial charge in [0, 0.05) is 40.0 Å². The number of H-pyrrole nitrogens is 1. The van der Waals surface area contributed by atoms with E-state index >= 15 is 0 Å². The van der Waals surface area contributed by atoms with Gasteiger partial charge in [-0.1, -0.05) is 72.3 Å². The highest BCUT2D eigenvalue weighted by Crippen LogP contribution is 2.35. The van der Waals surface area contributed by atoms with Crippen molar-refractivity contribution in [3.05, 3.63) is 107 Å². The van der Waals surface area contributed by atoms with Crippen molar-refractivity contribution >= 4 is 28.3 Å². The lowest BCUT2D eigenvalue weighted by Gasteiger charge is -2.17. The molecule has 0 spiro atoms. The number of ketones is 1. The van der Waals surface area contributed by atoms with Crippen LogP contribution in [-0.2, 0) is 0 Å². The van der Waals surface area contributed by atoms with Gasteiger partial charge >= 0.3 is 0 Å². The molecule has 1 heterocycles. The van der Waals surface area contributed by atoms with Crippen LogP contribution in [0.4, 0.5) is 0 Å². The molecule has 1 N–H and O–H groups in total. The first kappa shape index (κ1) is 16.6. The predicted octanol–water partition coefficient (Wildman–Crippen LogP) is 6.23. The van der Waals surface area contributed by atoms with Crippen LogP contribution in [0, 0.1) is 0 Å². The number of hydrogen-bond acceptors (Lipinski definition) is 1. The van der Waals surface area contributed by atoms with E-state index in [1.165, 1.54) is 0 Å². The van der Waals surface area contributed by atoms with Gasteiger partial charge in [-0.25, -0.2) is 0 Å². The van der Waals surface area contributed by atoms with Crippen molar-refractivity contribution in [1.29, 1.82) is 0 Å². The van der Waals surface area contributed by atoms with Crippen LogP contribution in [0.5, 0.6) is 0 Å². The Hall–Kier alpha value is -2.84. The van der Waals surface area contributed by atoms with E-state index in [1.54, 1.807) is 0 Å². The summed E-state index contributed by atoms with van der Waals surface area (Å²) in [6, 6.07) is 25.4. The molecule has 1 atom stereocenters. The first-order valence-corrected chi connectivity index (χ1v) is 9.00. The van der Waals surface area contributed by atoms with Crippen LogP contribution in [0.3, 0.4) is 0 Å². The Morgan fingerprint density at radius 2 is 1.62 bits per heavy atom. The summed E-state index contributed by atoms with van der Waals surface area (Å²) in [6.07, 6.45) is 2.41. The zero-order valence-electron chi connectivity index (χ0n) is 14.2. The van der Waals surface area contributed by atoms with Crippen molar-refractivity contribution < 1.29 is 4.79 Å². The maximum absolute atomic E-state index is 12.9. The predicted molar refractivity (Wildman–Crippen MR) is 107 cm³/mol. The fourth-order valence-electron chi connectivity index (χ4n) is 3.42. The number of rotatable bonds is 5. The number of benzene rings is 3. The van der Waals surface area contributed by atoms with Crippen LogP contribution in [0.2, 0.25) is 5.02 Å². The van der Waals surface area contributed by atoms with Crippen molar-refractivity contribution in [1.82, 2.24) is 4.98 Å². The number of carbonyl (C=O) groups is 1. The first-order valence-electron chi connectivity index (χ1n) is 8.62. The standard InChI is InChI=1S/C23H18ClNO/c24-18-11-12-22-20(13-18)21(15-25-22)19(16-7-3-1-4-8-16)14-23(26)17-9-5-2-6-10-17/h1-13,15,19,25H,14H2/t19-/m1/s1. The molecule has 0 saturated carbocycles. The van der Waals surface area contributed by atoms with Crippen LogP contribution in [-0.4, -0.2) is 10.8 Å². The van der Waals surface area contributed by atoms with Gasteiger partial charge in [0.05, 0.1) is 0 Å². The number of halogens is 1. The summed E-state index contributed by atoms with van der Waals surface area (Å²) in [5, 5.41) is 1.76. The molecule has 0 bridgehead atoms. The summed E-state index contributed by atoms with van der Waals surface area (Å²) in [7, 11) is 0. The zero-order valence-corrected chi connectivity index (χ0v) is 14.9. The quantitative estimate of drug-likeness (QED) is 0.421. The smallest absolute Gasteiger partial charge is 0.163 e. The molecule has 3 aromatic carbocycles. The van der Waals surface area contributed by atoms with E-state index in [4.69, 9.17) is 11.6 Å². The topological polar surface area (TPSA) is 32.9 Å². The molecule has 128 valence electrons. The fraction of sp³-hybridized carbons (Fsp3) is 0.0870. The maximum atomic E-state index is 12.9. The molecule has 0 aliphatic rings. The van der Waals surface area contributed by atoms with E-state index in [0.717, 1.165) is 27.6 Å². The molecule has 0 aliphatic carbocycles. The lowest BCUT2D eigenvalue weighted by atomic mass is 9.85. The van der Waals surface area contributed by atoms with Crippen molar-refractivity contribution in [3.63, 3.8) is 0 Å². The van der Waals surface area contributed by atoms with Crippen LogP contribution in [0.25, 0.3) is 10.9 Å². The fourth-order valence-corrected chi connectivity index (χ4v) is 3.59. The van der Waals surface area contributed by atoms with E-state index in [9.17, 15) is 4.79 Å². The van der Waals surface area contributed by atoms with Crippen molar-refractivity contribution in [2.24, 2.45) is 0 Å². The molecule has 26 heavy (non-hydrogen) atoms. The number of fused-ring (bicyclic) bond motifs is 1. The lowest BCUT2D eigenvalue weighted by Crippen LogP contribution is -2.09. The normalized spacial score (nSPS) is 12.2. The second-order valence-corrected chi connectivity index (χ2v) is 6.83. The van der Waals surface area contributed by atoms with E-state index in [1.807, 2.05) is 72.9 Å². The van der Waals surface area contributed by atoms with Gasteiger partial charge in [0.25, 0.3) is 0 Å². The number of hydrogen-bond donors (Lipinski definition) is 1. The highest BCUT2D eigenvalue weighted by Gasteiger charge is 2.22. The number of aromatic nitrogens is 1. The average Bonchev–Trinajstić information content (AvgIpc) is 3.10. The Bertz CT molecular complexity index is 1040. The summed E-state index contributed by atoms with van der Waals surface area (Å²) < 4.78 is 0. The third-order valence-corrected chi connectivity index (χ3v) is 4.97. The van der Waals surface area contributed by atoms with Crippen LogP contribution in [0.1, 0.15) is 33.8 Å². The monoisotopic (exact) mass is 359 g/mol. The highest BCUT2D eigenvalue weighted by atomic mass is 35.5. The van der Waals surface area contributed by atoms with Gasteiger partial charge < -0.3 is 4.98 Å². The summed E-state index contributed by atoms with van der Waals surface area (Å²) in [5.41, 5.74) is 3.99. The Morgan fingerprint density at radius 1 is 0.923 bits per heavy atom. The molecule has 0 unspecified atom stereocenters. The second-order valence-electron chi connectivity index (χ2n) is 6.39. The molecule has 0 fully saturated rings. The molecular weight excluding hydrogens is 342 g/mol. The molecule has 0 radical (unpaired) electrons.